The number of benzene rings is 1. The number of carbonyl (C=O) groups is 2. The predicted molar refractivity (Wildman–Crippen MR) is 82.7 cm³/mol. The fraction of sp³-hybridized carbons (Fsp3) is 0.412. The zero-order chi connectivity index (χ0) is 15.9. The van der Waals surface area contributed by atoms with Crippen molar-refractivity contribution in [3.05, 3.63) is 48.0 Å². The van der Waals surface area contributed by atoms with E-state index in [9.17, 15) is 9.59 Å². The summed E-state index contributed by atoms with van der Waals surface area (Å²) in [6.45, 7) is 7.16. The van der Waals surface area contributed by atoms with Gasteiger partial charge in [-0.1, -0.05) is 36.4 Å². The molecule has 0 fully saturated rings. The molecule has 0 aliphatic rings. The lowest BCUT2D eigenvalue weighted by Crippen LogP contribution is -2.45. The minimum atomic E-state index is -0.699. The summed E-state index contributed by atoms with van der Waals surface area (Å²) in [5, 5.41) is 2.69. The minimum Gasteiger partial charge on any atom is -0.458 e. The lowest BCUT2D eigenvalue weighted by Gasteiger charge is -2.24. The molecule has 0 saturated carbocycles. The number of allylic oxidation sites excluding steroid dienone is 1. The molecule has 114 valence electrons. The highest BCUT2D eigenvalue weighted by Gasteiger charge is 2.26. The number of hydrogen-bond donors (Lipinski definition) is 1. The highest BCUT2D eigenvalue weighted by Crippen LogP contribution is 2.11. The van der Waals surface area contributed by atoms with Crippen molar-refractivity contribution < 1.29 is 14.3 Å². The molecule has 0 aromatic heterocycles. The summed E-state index contributed by atoms with van der Waals surface area (Å²) in [4.78, 5) is 23.9. The van der Waals surface area contributed by atoms with E-state index in [0.29, 0.717) is 6.42 Å². The van der Waals surface area contributed by atoms with Gasteiger partial charge in [0.05, 0.1) is 0 Å². The third-order valence-corrected chi connectivity index (χ3v) is 2.61. The number of hydrogen-bond acceptors (Lipinski definition) is 3. The largest absolute Gasteiger partial charge is 0.458 e. The van der Waals surface area contributed by atoms with E-state index in [1.54, 1.807) is 33.8 Å². The lowest BCUT2D eigenvalue weighted by molar-refractivity contribution is -0.158. The number of ether oxygens (including phenoxy) is 1. The molecule has 21 heavy (non-hydrogen) atoms. The monoisotopic (exact) mass is 289 g/mol. The summed E-state index contributed by atoms with van der Waals surface area (Å²) in [5.41, 5.74) is 0.381. The van der Waals surface area contributed by atoms with Crippen molar-refractivity contribution >= 4 is 11.9 Å². The van der Waals surface area contributed by atoms with Gasteiger partial charge in [0, 0.05) is 6.42 Å². The van der Waals surface area contributed by atoms with Crippen LogP contribution in [0.2, 0.25) is 0 Å². The van der Waals surface area contributed by atoms with E-state index in [0.717, 1.165) is 5.56 Å². The second kappa shape index (κ2) is 7.62. The minimum absolute atomic E-state index is 0.302. The maximum atomic E-state index is 12.2. The summed E-state index contributed by atoms with van der Waals surface area (Å²) in [6, 6.07) is 8.84. The Morgan fingerprint density at radius 1 is 1.24 bits per heavy atom. The Morgan fingerprint density at radius 2 is 1.86 bits per heavy atom. The second-order valence-corrected chi connectivity index (χ2v) is 5.78. The molecular formula is C17H23NO3. The van der Waals surface area contributed by atoms with Crippen LogP contribution < -0.4 is 5.32 Å². The molecule has 1 aromatic carbocycles. The zero-order valence-corrected chi connectivity index (χ0v) is 13.1. The molecule has 0 aliphatic heterocycles. The number of esters is 1. The number of amides is 1. The summed E-state index contributed by atoms with van der Waals surface area (Å²) >= 11 is 0. The van der Waals surface area contributed by atoms with E-state index >= 15 is 0 Å². The first kappa shape index (κ1) is 17.0. The van der Waals surface area contributed by atoms with Crippen LogP contribution in [0.4, 0.5) is 0 Å². The standard InChI is InChI=1S/C17H23NO3/c1-5-9-15(19)18-14(16(20)21-17(2,3)4)12-13-10-7-6-8-11-13/h5-11,14H,12H2,1-4H3,(H,18,19)/b9-5+/t14-/m1/s1. The van der Waals surface area contributed by atoms with Crippen LogP contribution in [0.5, 0.6) is 0 Å². The van der Waals surface area contributed by atoms with Gasteiger partial charge in [0.25, 0.3) is 0 Å². The van der Waals surface area contributed by atoms with Crippen molar-refractivity contribution in [3.63, 3.8) is 0 Å². The first-order valence-electron chi connectivity index (χ1n) is 7.02. The summed E-state index contributed by atoms with van der Waals surface area (Å²) in [7, 11) is 0. The number of rotatable bonds is 5. The number of nitrogens with one attached hydrogen (secondary N) is 1. The highest BCUT2D eigenvalue weighted by molar-refractivity contribution is 5.91. The van der Waals surface area contributed by atoms with Gasteiger partial charge in [0.2, 0.25) is 5.91 Å². The molecule has 1 aromatic rings. The van der Waals surface area contributed by atoms with Gasteiger partial charge in [-0.05, 0) is 39.3 Å². The van der Waals surface area contributed by atoms with Crippen molar-refractivity contribution in [2.75, 3.05) is 0 Å². The molecule has 0 radical (unpaired) electrons. The molecule has 4 heteroatoms. The molecule has 1 amide bonds. The van der Waals surface area contributed by atoms with Crippen LogP contribution in [0.25, 0.3) is 0 Å². The third-order valence-electron chi connectivity index (χ3n) is 2.61. The molecule has 0 aliphatic carbocycles. The van der Waals surface area contributed by atoms with Crippen molar-refractivity contribution in [2.24, 2.45) is 0 Å². The normalized spacial score (nSPS) is 13.0. The smallest absolute Gasteiger partial charge is 0.329 e. The average molecular weight is 289 g/mol. The average Bonchev–Trinajstić information content (AvgIpc) is 2.37. The second-order valence-electron chi connectivity index (χ2n) is 5.78. The van der Waals surface area contributed by atoms with Crippen LogP contribution in [-0.4, -0.2) is 23.5 Å². The van der Waals surface area contributed by atoms with Crippen LogP contribution in [0.15, 0.2) is 42.5 Å². The Hall–Kier alpha value is -2.10. The van der Waals surface area contributed by atoms with Gasteiger partial charge in [0.15, 0.2) is 0 Å². The summed E-state index contributed by atoms with van der Waals surface area (Å²) < 4.78 is 5.37. The molecule has 1 N–H and O–H groups in total. The van der Waals surface area contributed by atoms with Gasteiger partial charge in [0.1, 0.15) is 11.6 Å². The van der Waals surface area contributed by atoms with Gasteiger partial charge in [-0.3, -0.25) is 4.79 Å². The Morgan fingerprint density at radius 3 is 2.38 bits per heavy atom. The third kappa shape index (κ3) is 6.75. The topological polar surface area (TPSA) is 55.4 Å². The fourth-order valence-electron chi connectivity index (χ4n) is 1.79. The SMILES string of the molecule is C/C=C/C(=O)N[C@H](Cc1ccccc1)C(=O)OC(C)(C)C. The molecule has 1 atom stereocenters. The molecule has 0 saturated heterocycles. The maximum Gasteiger partial charge on any atom is 0.329 e. The summed E-state index contributed by atoms with van der Waals surface area (Å²) in [5.74, 6) is -0.728. The molecule has 4 nitrogen and oxygen atoms in total. The van der Waals surface area contributed by atoms with Gasteiger partial charge in [-0.25, -0.2) is 4.79 Å². The van der Waals surface area contributed by atoms with Crippen LogP contribution in [0.3, 0.4) is 0 Å². The van der Waals surface area contributed by atoms with E-state index in [1.165, 1.54) is 6.08 Å². The van der Waals surface area contributed by atoms with Crippen LogP contribution in [0.1, 0.15) is 33.3 Å². The van der Waals surface area contributed by atoms with Gasteiger partial charge >= 0.3 is 5.97 Å². The molecule has 0 bridgehead atoms. The Balaban J connectivity index is 2.83. The van der Waals surface area contributed by atoms with Crippen molar-refractivity contribution in [2.45, 2.75) is 45.8 Å². The van der Waals surface area contributed by atoms with Gasteiger partial charge < -0.3 is 10.1 Å². The Bertz CT molecular complexity index is 501. The van der Waals surface area contributed by atoms with Gasteiger partial charge in [-0.2, -0.15) is 0 Å². The molecule has 0 spiro atoms. The van der Waals surface area contributed by atoms with Crippen molar-refractivity contribution in [3.8, 4) is 0 Å². The van der Waals surface area contributed by atoms with Crippen LogP contribution in [-0.2, 0) is 20.7 Å². The van der Waals surface area contributed by atoms with E-state index in [-0.39, 0.29) is 5.91 Å². The Labute approximate surface area is 126 Å². The quantitative estimate of drug-likeness (QED) is 0.669. The van der Waals surface area contributed by atoms with Crippen molar-refractivity contribution in [1.29, 1.82) is 0 Å². The van der Waals surface area contributed by atoms with E-state index < -0.39 is 17.6 Å². The van der Waals surface area contributed by atoms with Gasteiger partial charge in [-0.15, -0.1) is 0 Å². The maximum absolute atomic E-state index is 12.2. The first-order chi connectivity index (χ1) is 9.81. The highest BCUT2D eigenvalue weighted by atomic mass is 16.6. The van der Waals surface area contributed by atoms with Crippen LogP contribution in [0, 0.1) is 0 Å². The van der Waals surface area contributed by atoms with Crippen molar-refractivity contribution in [1.82, 2.24) is 5.32 Å². The first-order valence-corrected chi connectivity index (χ1v) is 7.02. The lowest BCUT2D eigenvalue weighted by atomic mass is 10.1. The van der Waals surface area contributed by atoms with E-state index in [4.69, 9.17) is 4.74 Å². The predicted octanol–water partition coefficient (Wildman–Crippen LogP) is 2.63. The van der Waals surface area contributed by atoms with E-state index in [2.05, 4.69) is 5.32 Å². The number of carbonyl (C=O) groups excluding carboxylic acids is 2. The fourth-order valence-corrected chi connectivity index (χ4v) is 1.79. The molecular weight excluding hydrogens is 266 g/mol. The summed E-state index contributed by atoms with van der Waals surface area (Å²) in [6.07, 6.45) is 3.42. The van der Waals surface area contributed by atoms with E-state index in [1.807, 2.05) is 30.3 Å². The van der Waals surface area contributed by atoms with Crippen LogP contribution >= 0.6 is 0 Å². The molecule has 0 heterocycles. The zero-order valence-electron chi connectivity index (χ0n) is 13.1. The molecule has 1 rings (SSSR count). The molecule has 0 unspecified atom stereocenters. The Kier molecular flexibility index (Phi) is 6.15.